The predicted molar refractivity (Wildman–Crippen MR) is 62.0 cm³/mol. The number of carbonyl (C=O) groups is 2. The summed E-state index contributed by atoms with van der Waals surface area (Å²) in [7, 11) is 1.37. The van der Waals surface area contributed by atoms with Crippen LogP contribution in [0.25, 0.3) is 0 Å². The van der Waals surface area contributed by atoms with E-state index in [0.29, 0.717) is 17.8 Å². The highest BCUT2D eigenvalue weighted by Crippen LogP contribution is 2.61. The fourth-order valence-electron chi connectivity index (χ4n) is 4.37. The summed E-state index contributed by atoms with van der Waals surface area (Å²) in [5.74, 6) is 1.11. The summed E-state index contributed by atoms with van der Waals surface area (Å²) < 4.78 is 4.85. The van der Waals surface area contributed by atoms with Gasteiger partial charge in [-0.2, -0.15) is 0 Å². The molecule has 3 aliphatic rings. The highest BCUT2D eigenvalue weighted by atomic mass is 16.5. The van der Waals surface area contributed by atoms with Crippen LogP contribution in [0.1, 0.15) is 20.3 Å². The SMILES string of the molecule is COC(=O)[C@]1(C)C(=O)C2C3C=CC(C3)C2[C@H]1C. The quantitative estimate of drug-likeness (QED) is 0.395. The summed E-state index contributed by atoms with van der Waals surface area (Å²) in [5.41, 5.74) is -0.924. The summed E-state index contributed by atoms with van der Waals surface area (Å²) in [5, 5.41) is 0. The van der Waals surface area contributed by atoms with Gasteiger partial charge in [-0.25, -0.2) is 0 Å². The molecule has 0 aromatic carbocycles. The van der Waals surface area contributed by atoms with Crippen molar-refractivity contribution in [3.05, 3.63) is 12.2 Å². The third-order valence-electron chi connectivity index (χ3n) is 5.43. The van der Waals surface area contributed by atoms with E-state index in [9.17, 15) is 9.59 Å². The number of esters is 1. The zero-order valence-corrected chi connectivity index (χ0v) is 10.5. The monoisotopic (exact) mass is 234 g/mol. The van der Waals surface area contributed by atoms with E-state index < -0.39 is 5.41 Å². The molecule has 2 fully saturated rings. The number of rotatable bonds is 1. The Morgan fingerprint density at radius 3 is 2.65 bits per heavy atom. The van der Waals surface area contributed by atoms with Gasteiger partial charge in [0.25, 0.3) is 0 Å². The summed E-state index contributed by atoms with van der Waals surface area (Å²) in [6.07, 6.45) is 5.50. The van der Waals surface area contributed by atoms with Crippen molar-refractivity contribution in [2.45, 2.75) is 20.3 Å². The Labute approximate surface area is 101 Å². The molecule has 2 saturated carbocycles. The Morgan fingerprint density at radius 1 is 1.41 bits per heavy atom. The molecule has 0 N–H and O–H groups in total. The minimum absolute atomic E-state index is 0.0594. The molecule has 0 aromatic rings. The fourth-order valence-corrected chi connectivity index (χ4v) is 4.37. The van der Waals surface area contributed by atoms with Gasteiger partial charge in [0.05, 0.1) is 7.11 Å². The molecule has 0 spiro atoms. The normalized spacial score (nSPS) is 50.8. The van der Waals surface area contributed by atoms with E-state index in [-0.39, 0.29) is 23.6 Å². The van der Waals surface area contributed by atoms with Crippen LogP contribution in [0, 0.1) is 35.0 Å². The Bertz CT molecular complexity index is 425. The van der Waals surface area contributed by atoms with Gasteiger partial charge in [0.15, 0.2) is 5.78 Å². The van der Waals surface area contributed by atoms with E-state index in [1.807, 2.05) is 6.92 Å². The molecule has 17 heavy (non-hydrogen) atoms. The molecule has 3 nitrogen and oxygen atoms in total. The number of allylic oxidation sites excluding steroid dienone is 2. The van der Waals surface area contributed by atoms with Crippen LogP contribution in [0.3, 0.4) is 0 Å². The minimum Gasteiger partial charge on any atom is -0.468 e. The van der Waals surface area contributed by atoms with Crippen LogP contribution < -0.4 is 0 Å². The molecule has 2 bridgehead atoms. The first-order valence-corrected chi connectivity index (χ1v) is 6.33. The first kappa shape index (κ1) is 11.0. The van der Waals surface area contributed by atoms with Crippen LogP contribution in [-0.4, -0.2) is 18.9 Å². The van der Waals surface area contributed by atoms with E-state index in [1.165, 1.54) is 7.11 Å². The van der Waals surface area contributed by atoms with Gasteiger partial charge in [-0.3, -0.25) is 9.59 Å². The van der Waals surface area contributed by atoms with Crippen LogP contribution in [0.2, 0.25) is 0 Å². The molecule has 0 aliphatic heterocycles. The van der Waals surface area contributed by atoms with Crippen molar-refractivity contribution in [2.75, 3.05) is 7.11 Å². The summed E-state index contributed by atoms with van der Waals surface area (Å²) >= 11 is 0. The summed E-state index contributed by atoms with van der Waals surface area (Å²) in [6.45, 7) is 3.80. The lowest BCUT2D eigenvalue weighted by Crippen LogP contribution is -2.40. The molecule has 0 heterocycles. The first-order chi connectivity index (χ1) is 8.01. The van der Waals surface area contributed by atoms with Crippen LogP contribution in [0.15, 0.2) is 12.2 Å². The number of hydrogen-bond donors (Lipinski definition) is 0. The van der Waals surface area contributed by atoms with Crippen molar-refractivity contribution in [3.63, 3.8) is 0 Å². The lowest BCUT2D eigenvalue weighted by molar-refractivity contribution is -0.158. The molecule has 0 amide bonds. The molecule has 3 aliphatic carbocycles. The molecule has 4 unspecified atom stereocenters. The number of ether oxygens (including phenoxy) is 1. The lowest BCUT2D eigenvalue weighted by atomic mass is 9.75. The number of ketones is 1. The van der Waals surface area contributed by atoms with Gasteiger partial charge in [0.1, 0.15) is 5.41 Å². The minimum atomic E-state index is -0.924. The Hall–Kier alpha value is -1.12. The average molecular weight is 234 g/mol. The number of carbonyl (C=O) groups excluding carboxylic acids is 2. The maximum atomic E-state index is 12.6. The van der Waals surface area contributed by atoms with Crippen molar-refractivity contribution < 1.29 is 14.3 Å². The first-order valence-electron chi connectivity index (χ1n) is 6.33. The van der Waals surface area contributed by atoms with E-state index >= 15 is 0 Å². The van der Waals surface area contributed by atoms with Crippen LogP contribution >= 0.6 is 0 Å². The highest BCUT2D eigenvalue weighted by molar-refractivity contribution is 6.07. The molecule has 0 radical (unpaired) electrons. The van der Waals surface area contributed by atoms with Gasteiger partial charge in [-0.1, -0.05) is 19.1 Å². The zero-order chi connectivity index (χ0) is 12.4. The fraction of sp³-hybridized carbons (Fsp3) is 0.714. The number of fused-ring (bicyclic) bond motifs is 5. The molecule has 0 saturated heterocycles. The summed E-state index contributed by atoms with van der Waals surface area (Å²) in [4.78, 5) is 24.5. The van der Waals surface area contributed by atoms with Crippen molar-refractivity contribution in [1.82, 2.24) is 0 Å². The van der Waals surface area contributed by atoms with E-state index in [0.717, 1.165) is 6.42 Å². The second kappa shape index (κ2) is 3.21. The van der Waals surface area contributed by atoms with Gasteiger partial charge in [0, 0.05) is 5.92 Å². The zero-order valence-electron chi connectivity index (χ0n) is 10.5. The van der Waals surface area contributed by atoms with Gasteiger partial charge >= 0.3 is 5.97 Å². The van der Waals surface area contributed by atoms with Crippen molar-refractivity contribution >= 4 is 11.8 Å². The Balaban J connectivity index is 2.03. The van der Waals surface area contributed by atoms with Gasteiger partial charge < -0.3 is 4.74 Å². The van der Waals surface area contributed by atoms with Crippen molar-refractivity contribution in [2.24, 2.45) is 35.0 Å². The second-order valence-electron chi connectivity index (χ2n) is 5.90. The van der Waals surface area contributed by atoms with E-state index in [2.05, 4.69) is 12.2 Å². The number of hydrogen-bond acceptors (Lipinski definition) is 3. The van der Waals surface area contributed by atoms with Crippen LogP contribution in [-0.2, 0) is 14.3 Å². The van der Waals surface area contributed by atoms with E-state index in [1.54, 1.807) is 6.92 Å². The van der Waals surface area contributed by atoms with Crippen molar-refractivity contribution in [1.29, 1.82) is 0 Å². The molecule has 3 rings (SSSR count). The molecule has 0 aromatic heterocycles. The molecular weight excluding hydrogens is 216 g/mol. The van der Waals surface area contributed by atoms with Gasteiger partial charge in [0.2, 0.25) is 0 Å². The maximum Gasteiger partial charge on any atom is 0.319 e. The molecular formula is C14H18O3. The third-order valence-corrected chi connectivity index (χ3v) is 5.43. The Morgan fingerprint density at radius 2 is 2.06 bits per heavy atom. The van der Waals surface area contributed by atoms with Crippen molar-refractivity contribution in [3.8, 4) is 0 Å². The van der Waals surface area contributed by atoms with E-state index in [4.69, 9.17) is 4.74 Å². The standard InChI is InChI=1S/C14H18O3/c1-7-10-8-4-5-9(6-8)11(10)12(15)14(7,2)13(16)17-3/h4-5,7-11H,6H2,1-3H3/t7-,8?,9?,10?,11?,14+/m1/s1. The molecule has 6 atom stereocenters. The maximum absolute atomic E-state index is 12.6. The van der Waals surface area contributed by atoms with Crippen LogP contribution in [0.5, 0.6) is 0 Å². The highest BCUT2D eigenvalue weighted by Gasteiger charge is 2.66. The number of methoxy groups -OCH3 is 1. The lowest BCUT2D eigenvalue weighted by Gasteiger charge is -2.28. The number of Topliss-reactive ketones (excluding diaryl/α,β-unsaturated/α-hetero) is 1. The smallest absolute Gasteiger partial charge is 0.319 e. The average Bonchev–Trinajstić information content (AvgIpc) is 2.98. The predicted octanol–water partition coefficient (Wildman–Crippen LogP) is 1.82. The topological polar surface area (TPSA) is 43.4 Å². The van der Waals surface area contributed by atoms with Crippen LogP contribution in [0.4, 0.5) is 0 Å². The Kier molecular flexibility index (Phi) is 2.08. The third kappa shape index (κ3) is 1.08. The molecule has 92 valence electrons. The second-order valence-corrected chi connectivity index (χ2v) is 5.90. The largest absolute Gasteiger partial charge is 0.468 e. The summed E-state index contributed by atoms with van der Waals surface area (Å²) in [6, 6.07) is 0. The van der Waals surface area contributed by atoms with Gasteiger partial charge in [-0.15, -0.1) is 0 Å². The molecule has 3 heteroatoms. The van der Waals surface area contributed by atoms with Gasteiger partial charge in [-0.05, 0) is 37.0 Å².